The molecular weight excluding hydrogens is 765 g/mol. The van der Waals surface area contributed by atoms with Crippen LogP contribution in [0.2, 0.25) is 0 Å². The van der Waals surface area contributed by atoms with Gasteiger partial charge >= 0.3 is 0 Å². The van der Waals surface area contributed by atoms with E-state index in [4.69, 9.17) is 14.4 Å². The summed E-state index contributed by atoms with van der Waals surface area (Å²) in [6.07, 6.45) is -0.339. The smallest absolute Gasteiger partial charge is 0.159 e. The van der Waals surface area contributed by atoms with Crippen molar-refractivity contribution >= 4 is 97.7 Å². The number of amidine groups is 2. The summed E-state index contributed by atoms with van der Waals surface area (Å²) in [5.41, 5.74) is 10.2. The van der Waals surface area contributed by atoms with Crippen molar-refractivity contribution in [2.24, 2.45) is 9.98 Å². The van der Waals surface area contributed by atoms with Gasteiger partial charge in [-0.25, -0.2) is 9.98 Å². The predicted molar refractivity (Wildman–Crippen MR) is 256 cm³/mol. The molecule has 1 unspecified atom stereocenters. The van der Waals surface area contributed by atoms with Gasteiger partial charge in [-0.3, -0.25) is 0 Å². The Morgan fingerprint density at radius 2 is 1.21 bits per heavy atom. The summed E-state index contributed by atoms with van der Waals surface area (Å²) in [6, 6.07) is 69.2. The van der Waals surface area contributed by atoms with E-state index in [9.17, 15) is 0 Å². The van der Waals surface area contributed by atoms with Gasteiger partial charge < -0.3 is 14.3 Å². The van der Waals surface area contributed by atoms with Crippen LogP contribution in [0.4, 0.5) is 0 Å². The monoisotopic (exact) mass is 798 g/mol. The number of para-hydroxylation sites is 2. The molecule has 9 aromatic carbocycles. The lowest BCUT2D eigenvalue weighted by Crippen LogP contribution is -2.33. The minimum absolute atomic E-state index is 0.339. The average Bonchev–Trinajstić information content (AvgIpc) is 4.00. The van der Waals surface area contributed by atoms with E-state index in [0.29, 0.717) is 5.84 Å². The Hall–Kier alpha value is -7.80. The number of fused-ring (bicyclic) bond motifs is 10. The second-order valence-corrected chi connectivity index (χ2v) is 16.8. The van der Waals surface area contributed by atoms with E-state index < -0.39 is 0 Å². The van der Waals surface area contributed by atoms with Gasteiger partial charge in [0.05, 0.1) is 16.7 Å². The molecule has 0 saturated carbocycles. The van der Waals surface area contributed by atoms with Crippen molar-refractivity contribution in [3.05, 3.63) is 211 Å². The molecule has 1 N–H and O–H groups in total. The minimum atomic E-state index is -0.339. The second-order valence-electron chi connectivity index (χ2n) is 15.8. The molecule has 3 aromatic heterocycles. The molecule has 0 bridgehead atoms. The van der Waals surface area contributed by atoms with E-state index in [1.54, 1.807) is 0 Å². The molecule has 1 atom stereocenters. The zero-order chi connectivity index (χ0) is 40.0. The topological polar surface area (TPSA) is 54.8 Å². The van der Waals surface area contributed by atoms with Crippen LogP contribution < -0.4 is 5.32 Å². The van der Waals surface area contributed by atoms with E-state index in [1.807, 2.05) is 23.5 Å². The van der Waals surface area contributed by atoms with Crippen LogP contribution >= 0.6 is 11.3 Å². The molecule has 5 nitrogen and oxygen atoms in total. The van der Waals surface area contributed by atoms with Crippen LogP contribution in [-0.4, -0.2) is 16.2 Å². The Labute approximate surface area is 354 Å². The summed E-state index contributed by atoms with van der Waals surface area (Å²) >= 11 is 1.82. The van der Waals surface area contributed by atoms with Gasteiger partial charge in [-0.15, -0.1) is 11.3 Å². The number of aromatic nitrogens is 1. The van der Waals surface area contributed by atoms with Gasteiger partial charge in [-0.1, -0.05) is 121 Å². The standard InChI is InChI=1S/C55H34N4OS/c1-2-13-33(14-3-1)53-56-54(58-55(57-53)37-26-28-51-44(31-37)39-18-8-11-24-50(39)61-51)36-25-27-46(43(30-36)40-20-12-23-49-52(40)41-19-7-10-22-48(41)60-49)59-45-21-9-6-17-38(45)42-29-34-15-4-5-16-35(34)32-47(42)59/h1-32,53H,(H,56,57,58). The van der Waals surface area contributed by atoms with Crippen molar-refractivity contribution < 1.29 is 4.42 Å². The van der Waals surface area contributed by atoms with Crippen LogP contribution in [0, 0.1) is 0 Å². The molecule has 6 heteroatoms. The fourth-order valence-electron chi connectivity index (χ4n) is 9.40. The SMILES string of the molecule is c1ccc(C2N=C(c3ccc(-n4c5ccccc5c5cc6ccccc6cc54)c(-c4cccc5oc6ccccc6c45)c3)N=C(c3ccc4sc5ccccc5c4c3)N2)cc1. The van der Waals surface area contributed by atoms with Gasteiger partial charge in [0, 0.05) is 58.4 Å². The molecule has 13 rings (SSSR count). The number of thiophene rings is 1. The Bertz CT molecular complexity index is 3810. The first-order valence-corrected chi connectivity index (χ1v) is 21.4. The molecule has 61 heavy (non-hydrogen) atoms. The molecule has 0 amide bonds. The van der Waals surface area contributed by atoms with Crippen molar-refractivity contribution in [1.82, 2.24) is 9.88 Å². The van der Waals surface area contributed by atoms with Crippen molar-refractivity contribution in [3.8, 4) is 16.8 Å². The maximum Gasteiger partial charge on any atom is 0.159 e. The van der Waals surface area contributed by atoms with E-state index in [1.165, 1.54) is 41.7 Å². The average molecular weight is 799 g/mol. The number of rotatable bonds is 5. The normalized spacial score (nSPS) is 14.4. The molecular formula is C55H34N4OS. The van der Waals surface area contributed by atoms with Gasteiger partial charge in [0.2, 0.25) is 0 Å². The Morgan fingerprint density at radius 3 is 2.11 bits per heavy atom. The number of hydrogen-bond donors (Lipinski definition) is 1. The first-order chi connectivity index (χ1) is 30.2. The fourth-order valence-corrected chi connectivity index (χ4v) is 10.5. The molecule has 286 valence electrons. The molecule has 12 aromatic rings. The van der Waals surface area contributed by atoms with Gasteiger partial charge in [-0.2, -0.15) is 0 Å². The maximum atomic E-state index is 6.50. The third kappa shape index (κ3) is 5.39. The number of hydrogen-bond acceptors (Lipinski definition) is 5. The summed E-state index contributed by atoms with van der Waals surface area (Å²) < 4.78 is 11.5. The quantitative estimate of drug-likeness (QED) is 0.189. The number of benzene rings is 9. The molecule has 0 aliphatic carbocycles. The highest BCUT2D eigenvalue weighted by Crippen LogP contribution is 2.43. The first-order valence-electron chi connectivity index (χ1n) is 20.6. The molecule has 0 spiro atoms. The minimum Gasteiger partial charge on any atom is -0.456 e. The third-order valence-electron chi connectivity index (χ3n) is 12.2. The lowest BCUT2D eigenvalue weighted by Gasteiger charge is -2.24. The van der Waals surface area contributed by atoms with E-state index in [-0.39, 0.29) is 6.17 Å². The summed E-state index contributed by atoms with van der Waals surface area (Å²) in [5, 5.41) is 13.2. The highest BCUT2D eigenvalue weighted by molar-refractivity contribution is 7.25. The van der Waals surface area contributed by atoms with Crippen LogP contribution in [0.3, 0.4) is 0 Å². The lowest BCUT2D eigenvalue weighted by atomic mass is 9.95. The molecule has 4 heterocycles. The zero-order valence-corrected chi connectivity index (χ0v) is 33.5. The predicted octanol–water partition coefficient (Wildman–Crippen LogP) is 14.4. The lowest BCUT2D eigenvalue weighted by molar-refractivity contribution is 0.669. The first kappa shape index (κ1) is 34.1. The molecule has 0 radical (unpaired) electrons. The van der Waals surface area contributed by atoms with E-state index >= 15 is 0 Å². The van der Waals surface area contributed by atoms with Crippen LogP contribution in [0.15, 0.2) is 209 Å². The van der Waals surface area contributed by atoms with E-state index in [2.05, 4.69) is 192 Å². The van der Waals surface area contributed by atoms with E-state index in [0.717, 1.165) is 72.3 Å². The Kier molecular flexibility index (Phi) is 7.47. The van der Waals surface area contributed by atoms with Crippen molar-refractivity contribution in [2.45, 2.75) is 6.17 Å². The Morgan fingerprint density at radius 1 is 0.492 bits per heavy atom. The van der Waals surface area contributed by atoms with Crippen molar-refractivity contribution in [1.29, 1.82) is 0 Å². The summed E-state index contributed by atoms with van der Waals surface area (Å²) in [7, 11) is 0. The van der Waals surface area contributed by atoms with Gasteiger partial charge in [0.1, 0.15) is 23.2 Å². The zero-order valence-electron chi connectivity index (χ0n) is 32.7. The van der Waals surface area contributed by atoms with Crippen molar-refractivity contribution in [3.63, 3.8) is 0 Å². The maximum absolute atomic E-state index is 6.50. The molecule has 1 aliphatic rings. The highest BCUT2D eigenvalue weighted by atomic mass is 32.1. The van der Waals surface area contributed by atoms with Crippen LogP contribution in [0.25, 0.3) is 91.5 Å². The number of aliphatic imine (C=N–C) groups is 2. The van der Waals surface area contributed by atoms with Crippen LogP contribution in [0.1, 0.15) is 22.9 Å². The third-order valence-corrected chi connectivity index (χ3v) is 13.4. The highest BCUT2D eigenvalue weighted by Gasteiger charge is 2.25. The number of furan rings is 1. The summed E-state index contributed by atoms with van der Waals surface area (Å²) in [4.78, 5) is 10.7. The number of nitrogens with zero attached hydrogens (tertiary/aromatic N) is 3. The second kappa shape index (κ2) is 13.4. The largest absolute Gasteiger partial charge is 0.456 e. The molecule has 0 fully saturated rings. The number of nitrogens with one attached hydrogen (secondary N) is 1. The van der Waals surface area contributed by atoms with Gasteiger partial charge in [0.15, 0.2) is 5.84 Å². The molecule has 0 saturated heterocycles. The summed E-state index contributed by atoms with van der Waals surface area (Å²) in [6.45, 7) is 0. The van der Waals surface area contributed by atoms with Crippen LogP contribution in [0.5, 0.6) is 0 Å². The molecule has 1 aliphatic heterocycles. The van der Waals surface area contributed by atoms with Gasteiger partial charge in [0.25, 0.3) is 0 Å². The fraction of sp³-hybridized carbons (Fsp3) is 0.0182. The summed E-state index contributed by atoms with van der Waals surface area (Å²) in [5.74, 6) is 1.46. The van der Waals surface area contributed by atoms with Crippen LogP contribution in [-0.2, 0) is 0 Å². The van der Waals surface area contributed by atoms with Crippen molar-refractivity contribution in [2.75, 3.05) is 0 Å². The van der Waals surface area contributed by atoms with Gasteiger partial charge in [-0.05, 0) is 94.7 Å². The Balaban J connectivity index is 1.08.